The first-order chi connectivity index (χ1) is 8.06. The fourth-order valence-electron chi connectivity index (χ4n) is 2.79. The van der Waals surface area contributed by atoms with Gasteiger partial charge in [-0.1, -0.05) is 35.7 Å². The number of carbonyl (C=O) groups excluding carboxylic acids is 1. The normalized spacial score (nSPS) is 24.6. The third kappa shape index (κ3) is 3.19. The molecule has 0 spiro atoms. The highest BCUT2D eigenvalue weighted by atomic mass is 79.9. The van der Waals surface area contributed by atoms with Gasteiger partial charge in [0.15, 0.2) is 5.78 Å². The largest absolute Gasteiger partial charge is 0.294 e. The summed E-state index contributed by atoms with van der Waals surface area (Å²) in [6.07, 6.45) is 4.60. The fourth-order valence-corrected chi connectivity index (χ4v) is 3.39. The van der Waals surface area contributed by atoms with Crippen molar-refractivity contribution in [2.45, 2.75) is 39.5 Å². The molecule has 0 N–H and O–H groups in total. The van der Waals surface area contributed by atoms with Crippen LogP contribution in [0, 0.1) is 18.8 Å². The summed E-state index contributed by atoms with van der Waals surface area (Å²) in [6.45, 7) is 4.29. The van der Waals surface area contributed by atoms with E-state index in [0.29, 0.717) is 11.7 Å². The first kappa shape index (κ1) is 12.8. The summed E-state index contributed by atoms with van der Waals surface area (Å²) in [5.41, 5.74) is 2.02. The molecule has 1 aromatic carbocycles. The maximum Gasteiger partial charge on any atom is 0.165 e. The molecule has 1 aliphatic rings. The number of carbonyl (C=O) groups is 1. The molecule has 0 heterocycles. The molecule has 0 saturated heterocycles. The highest BCUT2D eigenvalue weighted by Gasteiger charge is 2.25. The molecular formula is C15H19BrO. The van der Waals surface area contributed by atoms with E-state index in [4.69, 9.17) is 0 Å². The summed E-state index contributed by atoms with van der Waals surface area (Å²) in [4.78, 5) is 12.4. The van der Waals surface area contributed by atoms with Crippen molar-refractivity contribution in [1.82, 2.24) is 0 Å². The summed E-state index contributed by atoms with van der Waals surface area (Å²) in [5.74, 6) is 1.28. The molecule has 17 heavy (non-hydrogen) atoms. The second kappa shape index (κ2) is 5.34. The van der Waals surface area contributed by atoms with Gasteiger partial charge in [0.2, 0.25) is 0 Å². The Labute approximate surface area is 112 Å². The molecule has 2 atom stereocenters. The minimum atomic E-state index is 0.243. The minimum Gasteiger partial charge on any atom is -0.294 e. The zero-order valence-electron chi connectivity index (χ0n) is 10.5. The van der Waals surface area contributed by atoms with E-state index in [0.717, 1.165) is 28.4 Å². The van der Waals surface area contributed by atoms with E-state index in [1.165, 1.54) is 12.8 Å². The second-order valence-corrected chi connectivity index (χ2v) is 6.27. The minimum absolute atomic E-state index is 0.243. The van der Waals surface area contributed by atoms with Crippen LogP contribution in [0.25, 0.3) is 0 Å². The quantitative estimate of drug-likeness (QED) is 0.718. The standard InChI is InChI=1S/C15H19BrO/c1-10-4-3-5-12(6-10)15(17)13-7-11(2)8-14(16)9-13/h7-10,12H,3-6H2,1-2H3. The average molecular weight is 295 g/mol. The van der Waals surface area contributed by atoms with Crippen LogP contribution >= 0.6 is 15.9 Å². The molecule has 1 nitrogen and oxygen atoms in total. The van der Waals surface area contributed by atoms with Gasteiger partial charge in [-0.15, -0.1) is 0 Å². The van der Waals surface area contributed by atoms with Crippen molar-refractivity contribution in [3.63, 3.8) is 0 Å². The summed E-state index contributed by atoms with van der Waals surface area (Å²) in [6, 6.07) is 6.00. The smallest absolute Gasteiger partial charge is 0.165 e. The van der Waals surface area contributed by atoms with Crippen LogP contribution in [0.2, 0.25) is 0 Å². The van der Waals surface area contributed by atoms with Crippen LogP contribution in [0.4, 0.5) is 0 Å². The predicted octanol–water partition coefficient (Wildman–Crippen LogP) is 4.77. The number of aryl methyl sites for hydroxylation is 1. The lowest BCUT2D eigenvalue weighted by Gasteiger charge is -2.25. The van der Waals surface area contributed by atoms with Crippen LogP contribution in [-0.2, 0) is 0 Å². The molecule has 2 heteroatoms. The molecule has 2 unspecified atom stereocenters. The fraction of sp³-hybridized carbons (Fsp3) is 0.533. The van der Waals surface area contributed by atoms with Crippen molar-refractivity contribution in [2.24, 2.45) is 11.8 Å². The van der Waals surface area contributed by atoms with Gasteiger partial charge in [-0.05, 0) is 49.4 Å². The Bertz CT molecular complexity index is 405. The third-order valence-electron chi connectivity index (χ3n) is 3.63. The number of Topliss-reactive ketones (excluding diaryl/α,β-unsaturated/α-hetero) is 1. The van der Waals surface area contributed by atoms with Gasteiger partial charge in [0.25, 0.3) is 0 Å². The maximum atomic E-state index is 12.4. The Balaban J connectivity index is 2.18. The molecule has 0 bridgehead atoms. The lowest BCUT2D eigenvalue weighted by Crippen LogP contribution is -2.21. The van der Waals surface area contributed by atoms with Crippen LogP contribution in [-0.4, -0.2) is 5.78 Å². The number of ketones is 1. The third-order valence-corrected chi connectivity index (χ3v) is 4.09. The lowest BCUT2D eigenvalue weighted by atomic mass is 9.78. The zero-order valence-corrected chi connectivity index (χ0v) is 12.1. The molecule has 1 fully saturated rings. The Hall–Kier alpha value is -0.630. The van der Waals surface area contributed by atoms with Crippen LogP contribution in [0.5, 0.6) is 0 Å². The van der Waals surface area contributed by atoms with Gasteiger partial charge in [0.1, 0.15) is 0 Å². The van der Waals surface area contributed by atoms with Crippen molar-refractivity contribution in [1.29, 1.82) is 0 Å². The second-order valence-electron chi connectivity index (χ2n) is 5.35. The molecule has 0 radical (unpaired) electrons. The molecule has 1 aliphatic carbocycles. The number of hydrogen-bond donors (Lipinski definition) is 0. The maximum absolute atomic E-state index is 12.4. The summed E-state index contributed by atoms with van der Waals surface area (Å²) in [7, 11) is 0. The van der Waals surface area contributed by atoms with Crippen molar-refractivity contribution in [2.75, 3.05) is 0 Å². The van der Waals surface area contributed by atoms with E-state index >= 15 is 0 Å². The van der Waals surface area contributed by atoms with Crippen molar-refractivity contribution in [3.05, 3.63) is 33.8 Å². The van der Waals surface area contributed by atoms with Gasteiger partial charge >= 0.3 is 0 Å². The number of rotatable bonds is 2. The molecule has 1 saturated carbocycles. The van der Waals surface area contributed by atoms with Crippen molar-refractivity contribution < 1.29 is 4.79 Å². The number of benzene rings is 1. The van der Waals surface area contributed by atoms with Gasteiger partial charge in [0, 0.05) is 16.0 Å². The average Bonchev–Trinajstić information content (AvgIpc) is 2.26. The van der Waals surface area contributed by atoms with E-state index in [1.54, 1.807) is 0 Å². The first-order valence-corrected chi connectivity index (χ1v) is 7.17. The van der Waals surface area contributed by atoms with E-state index in [1.807, 2.05) is 25.1 Å². The van der Waals surface area contributed by atoms with Gasteiger partial charge in [-0.25, -0.2) is 0 Å². The number of halogens is 1. The van der Waals surface area contributed by atoms with E-state index in [-0.39, 0.29) is 5.92 Å². The Morgan fingerprint density at radius 3 is 2.71 bits per heavy atom. The van der Waals surface area contributed by atoms with E-state index in [2.05, 4.69) is 22.9 Å². The molecule has 1 aromatic rings. The van der Waals surface area contributed by atoms with Crippen LogP contribution in [0.3, 0.4) is 0 Å². The monoisotopic (exact) mass is 294 g/mol. The van der Waals surface area contributed by atoms with Crippen LogP contribution < -0.4 is 0 Å². The first-order valence-electron chi connectivity index (χ1n) is 6.37. The van der Waals surface area contributed by atoms with E-state index in [9.17, 15) is 4.79 Å². The summed E-state index contributed by atoms with van der Waals surface area (Å²) < 4.78 is 1.00. The summed E-state index contributed by atoms with van der Waals surface area (Å²) >= 11 is 3.46. The molecule has 92 valence electrons. The van der Waals surface area contributed by atoms with Crippen molar-refractivity contribution in [3.8, 4) is 0 Å². The van der Waals surface area contributed by atoms with Crippen LogP contribution in [0.15, 0.2) is 22.7 Å². The highest BCUT2D eigenvalue weighted by Crippen LogP contribution is 2.31. The molecule has 2 rings (SSSR count). The Kier molecular flexibility index (Phi) is 4.03. The Morgan fingerprint density at radius 1 is 1.29 bits per heavy atom. The predicted molar refractivity (Wildman–Crippen MR) is 74.3 cm³/mol. The van der Waals surface area contributed by atoms with Crippen LogP contribution in [0.1, 0.15) is 48.5 Å². The topological polar surface area (TPSA) is 17.1 Å². The highest BCUT2D eigenvalue weighted by molar-refractivity contribution is 9.10. The van der Waals surface area contributed by atoms with Gasteiger partial charge in [-0.3, -0.25) is 4.79 Å². The zero-order chi connectivity index (χ0) is 12.4. The number of hydrogen-bond acceptors (Lipinski definition) is 1. The lowest BCUT2D eigenvalue weighted by molar-refractivity contribution is 0.0868. The SMILES string of the molecule is Cc1cc(Br)cc(C(=O)C2CCCC(C)C2)c1. The molecule has 0 aliphatic heterocycles. The van der Waals surface area contributed by atoms with Gasteiger partial charge < -0.3 is 0 Å². The van der Waals surface area contributed by atoms with Crippen molar-refractivity contribution >= 4 is 21.7 Å². The van der Waals surface area contributed by atoms with Gasteiger partial charge in [0.05, 0.1) is 0 Å². The molecular weight excluding hydrogens is 276 g/mol. The van der Waals surface area contributed by atoms with E-state index < -0.39 is 0 Å². The Morgan fingerprint density at radius 2 is 2.06 bits per heavy atom. The summed E-state index contributed by atoms with van der Waals surface area (Å²) in [5, 5.41) is 0. The molecule has 0 amide bonds. The van der Waals surface area contributed by atoms with Gasteiger partial charge in [-0.2, -0.15) is 0 Å². The molecule has 0 aromatic heterocycles.